The summed E-state index contributed by atoms with van der Waals surface area (Å²) in [5.74, 6) is -0.938. The molecule has 0 radical (unpaired) electrons. The van der Waals surface area contributed by atoms with Gasteiger partial charge in [-0.1, -0.05) is 304 Å². The molecule has 0 fully saturated rings. The Morgan fingerprint density at radius 3 is 0.890 bits per heavy atom. The van der Waals surface area contributed by atoms with E-state index < -0.39 is 6.10 Å². The van der Waals surface area contributed by atoms with Gasteiger partial charge in [0, 0.05) is 19.3 Å². The Kier molecular flexibility index (Phi) is 57.8. The Bertz CT molecular complexity index is 1440. The van der Waals surface area contributed by atoms with Gasteiger partial charge in [-0.2, -0.15) is 0 Å². The Balaban J connectivity index is 4.48. The minimum absolute atomic E-state index is 0.0938. The summed E-state index contributed by atoms with van der Waals surface area (Å²) in [7, 11) is 0. The van der Waals surface area contributed by atoms with Crippen LogP contribution in [0.5, 0.6) is 0 Å². The number of carbonyl (C=O) groups is 3. The summed E-state index contributed by atoms with van der Waals surface area (Å²) in [5.41, 5.74) is 0. The molecule has 1 unspecified atom stereocenters. The monoisotopic (exact) mass is 1010 g/mol. The number of hydrogen-bond donors (Lipinski definition) is 0. The summed E-state index contributed by atoms with van der Waals surface area (Å²) in [4.78, 5) is 38.3. The molecular weight excluding hydrogens is 901 g/mol. The van der Waals surface area contributed by atoms with Gasteiger partial charge in [-0.25, -0.2) is 0 Å². The molecule has 0 saturated carbocycles. The lowest BCUT2D eigenvalue weighted by Crippen LogP contribution is -2.30. The number of esters is 3. The standard InChI is InChI=1S/C67H114O6/c1-4-7-10-13-16-19-22-25-28-31-34-37-39-42-45-48-51-54-57-60-66(69)72-63-64(73-67(70)61-58-55-52-49-46-43-40-36-33-30-27-24-21-18-15-12-9-6-3)62-71-65(68)59-56-53-50-47-44-41-38-35-32-29-26-23-20-17-14-11-8-5-2/h7,10,13,16,19,22,25,28,31,34,36-37,39-40,42,45,64H,4-6,8-9,11-12,14-15,17-18,20-21,23-24,26-27,29-30,32-33,35,38,41,43-44,46-63H2,1-3H3/b10-7-,16-13-,22-19-,28-25-,34-31+,39-37-,40-36-,45-42-. The van der Waals surface area contributed by atoms with Gasteiger partial charge >= 0.3 is 17.9 Å². The van der Waals surface area contributed by atoms with Crippen LogP contribution in [0.1, 0.15) is 290 Å². The molecule has 0 N–H and O–H groups in total. The number of allylic oxidation sites excluding steroid dienone is 16. The molecule has 0 heterocycles. The Morgan fingerprint density at radius 2 is 0.548 bits per heavy atom. The molecule has 0 aliphatic rings. The molecule has 6 nitrogen and oxygen atoms in total. The average molecular weight is 1020 g/mol. The maximum atomic E-state index is 12.9. The third-order valence-corrected chi connectivity index (χ3v) is 13.3. The number of carbonyl (C=O) groups excluding carboxylic acids is 3. The van der Waals surface area contributed by atoms with Gasteiger partial charge in [0.15, 0.2) is 6.10 Å². The van der Waals surface area contributed by atoms with Crippen LogP contribution in [0.3, 0.4) is 0 Å². The van der Waals surface area contributed by atoms with Crippen LogP contribution in [0, 0.1) is 0 Å². The van der Waals surface area contributed by atoms with Crippen molar-refractivity contribution < 1.29 is 28.6 Å². The SMILES string of the molecule is CC\C=C/C=C\C=C/C=C\C=C\C=C/C=C\CCCCCC(=O)OCC(COC(=O)CCCCCCCCCCCCCCCCCCCC)OC(=O)CCCCCCC/C=C\CCCCCCCCCCC. The van der Waals surface area contributed by atoms with E-state index in [4.69, 9.17) is 14.2 Å². The highest BCUT2D eigenvalue weighted by atomic mass is 16.6. The lowest BCUT2D eigenvalue weighted by atomic mass is 10.0. The van der Waals surface area contributed by atoms with E-state index in [2.05, 4.69) is 51.2 Å². The highest BCUT2D eigenvalue weighted by Gasteiger charge is 2.19. The molecule has 6 heteroatoms. The topological polar surface area (TPSA) is 78.9 Å². The van der Waals surface area contributed by atoms with Gasteiger partial charge in [-0.15, -0.1) is 0 Å². The van der Waals surface area contributed by atoms with Gasteiger partial charge in [0.1, 0.15) is 13.2 Å². The zero-order valence-corrected chi connectivity index (χ0v) is 47.9. The summed E-state index contributed by atoms with van der Waals surface area (Å²) in [6.45, 7) is 6.48. The molecule has 0 bridgehead atoms. The Hall–Kier alpha value is -3.67. The quantitative estimate of drug-likeness (QED) is 0.0199. The van der Waals surface area contributed by atoms with E-state index in [-0.39, 0.29) is 31.1 Å². The van der Waals surface area contributed by atoms with Gasteiger partial charge in [0.2, 0.25) is 0 Å². The first kappa shape index (κ1) is 69.3. The highest BCUT2D eigenvalue weighted by Crippen LogP contribution is 2.16. The van der Waals surface area contributed by atoms with E-state index in [0.29, 0.717) is 19.3 Å². The van der Waals surface area contributed by atoms with E-state index in [0.717, 1.165) is 83.5 Å². The minimum atomic E-state index is -0.802. The zero-order chi connectivity index (χ0) is 52.9. The van der Waals surface area contributed by atoms with E-state index in [1.165, 1.54) is 167 Å². The van der Waals surface area contributed by atoms with Crippen LogP contribution in [0.15, 0.2) is 97.2 Å². The molecule has 1 atom stereocenters. The van der Waals surface area contributed by atoms with Crippen LogP contribution in [0.25, 0.3) is 0 Å². The molecule has 0 aliphatic heterocycles. The van der Waals surface area contributed by atoms with Gasteiger partial charge in [0.05, 0.1) is 0 Å². The molecule has 0 saturated heterocycles. The van der Waals surface area contributed by atoms with Crippen LogP contribution in [0.2, 0.25) is 0 Å². The van der Waals surface area contributed by atoms with E-state index in [9.17, 15) is 14.4 Å². The summed E-state index contributed by atoms with van der Waals surface area (Å²) >= 11 is 0. The number of rotatable bonds is 55. The van der Waals surface area contributed by atoms with Crippen molar-refractivity contribution in [3.63, 3.8) is 0 Å². The van der Waals surface area contributed by atoms with Crippen molar-refractivity contribution >= 4 is 17.9 Å². The van der Waals surface area contributed by atoms with Gasteiger partial charge in [-0.05, 0) is 64.2 Å². The molecule has 0 amide bonds. The summed E-state index contributed by atoms with van der Waals surface area (Å²) in [6, 6.07) is 0. The molecule has 0 spiro atoms. The normalized spacial score (nSPS) is 12.8. The highest BCUT2D eigenvalue weighted by molar-refractivity contribution is 5.71. The Morgan fingerprint density at radius 1 is 0.288 bits per heavy atom. The first-order valence-electron chi connectivity index (χ1n) is 30.8. The first-order valence-corrected chi connectivity index (χ1v) is 30.8. The van der Waals surface area contributed by atoms with Crippen LogP contribution in [-0.4, -0.2) is 37.2 Å². The van der Waals surface area contributed by atoms with Crippen molar-refractivity contribution in [2.75, 3.05) is 13.2 Å². The number of hydrogen-bond acceptors (Lipinski definition) is 6. The van der Waals surface area contributed by atoms with E-state index in [1.54, 1.807) is 0 Å². The first-order chi connectivity index (χ1) is 36.0. The molecule has 0 rings (SSSR count). The van der Waals surface area contributed by atoms with Crippen molar-refractivity contribution in [3.05, 3.63) is 97.2 Å². The molecule has 73 heavy (non-hydrogen) atoms. The predicted molar refractivity (Wildman–Crippen MR) is 316 cm³/mol. The number of unbranched alkanes of at least 4 members (excludes halogenated alkanes) is 34. The maximum Gasteiger partial charge on any atom is 0.306 e. The largest absolute Gasteiger partial charge is 0.462 e. The third kappa shape index (κ3) is 59.1. The fourth-order valence-electron chi connectivity index (χ4n) is 8.66. The predicted octanol–water partition coefficient (Wildman–Crippen LogP) is 20.9. The summed E-state index contributed by atoms with van der Waals surface area (Å²) in [6.07, 6.45) is 81.1. The van der Waals surface area contributed by atoms with Crippen LogP contribution >= 0.6 is 0 Å². The van der Waals surface area contributed by atoms with Crippen molar-refractivity contribution in [2.24, 2.45) is 0 Å². The van der Waals surface area contributed by atoms with Crippen molar-refractivity contribution in [2.45, 2.75) is 297 Å². The number of ether oxygens (including phenoxy) is 3. The van der Waals surface area contributed by atoms with Crippen molar-refractivity contribution in [3.8, 4) is 0 Å². The summed E-state index contributed by atoms with van der Waals surface area (Å²) in [5, 5.41) is 0. The lowest BCUT2D eigenvalue weighted by Gasteiger charge is -2.18. The fourth-order valence-corrected chi connectivity index (χ4v) is 8.66. The molecule has 0 aromatic rings. The van der Waals surface area contributed by atoms with Gasteiger partial charge < -0.3 is 14.2 Å². The second-order valence-corrected chi connectivity index (χ2v) is 20.4. The Labute approximate surface area is 451 Å². The molecule has 0 aromatic carbocycles. The smallest absolute Gasteiger partial charge is 0.306 e. The maximum absolute atomic E-state index is 12.9. The molecule has 0 aliphatic carbocycles. The van der Waals surface area contributed by atoms with Crippen LogP contribution < -0.4 is 0 Å². The fraction of sp³-hybridized carbons (Fsp3) is 0.716. The van der Waals surface area contributed by atoms with Crippen molar-refractivity contribution in [1.82, 2.24) is 0 Å². The average Bonchev–Trinajstić information content (AvgIpc) is 3.39. The zero-order valence-electron chi connectivity index (χ0n) is 47.9. The molecule has 0 aromatic heterocycles. The summed E-state index contributed by atoms with van der Waals surface area (Å²) < 4.78 is 16.9. The second kappa shape index (κ2) is 60.9. The molecule has 418 valence electrons. The minimum Gasteiger partial charge on any atom is -0.462 e. The second-order valence-electron chi connectivity index (χ2n) is 20.4. The molecular formula is C67H114O6. The van der Waals surface area contributed by atoms with Gasteiger partial charge in [0.25, 0.3) is 0 Å². The van der Waals surface area contributed by atoms with Crippen LogP contribution in [0.4, 0.5) is 0 Å². The van der Waals surface area contributed by atoms with Gasteiger partial charge in [-0.3, -0.25) is 14.4 Å². The van der Waals surface area contributed by atoms with Crippen LogP contribution in [-0.2, 0) is 28.6 Å². The van der Waals surface area contributed by atoms with E-state index in [1.807, 2.05) is 66.8 Å². The lowest BCUT2D eigenvalue weighted by molar-refractivity contribution is -0.167. The van der Waals surface area contributed by atoms with Crippen molar-refractivity contribution in [1.29, 1.82) is 0 Å². The van der Waals surface area contributed by atoms with E-state index >= 15 is 0 Å². The third-order valence-electron chi connectivity index (χ3n) is 13.3.